The Bertz CT molecular complexity index is 613. The van der Waals surface area contributed by atoms with E-state index >= 15 is 0 Å². The predicted octanol–water partition coefficient (Wildman–Crippen LogP) is 2.27. The van der Waals surface area contributed by atoms with Gasteiger partial charge >= 0.3 is 0 Å². The number of benzene rings is 1. The Morgan fingerprint density at radius 1 is 1.50 bits per heavy atom. The minimum absolute atomic E-state index is 0.131. The average Bonchev–Trinajstić information content (AvgIpc) is 2.70. The highest BCUT2D eigenvalue weighted by molar-refractivity contribution is 5.83. The summed E-state index contributed by atoms with van der Waals surface area (Å²) in [6.45, 7) is -5.49. The van der Waals surface area contributed by atoms with Crippen molar-refractivity contribution in [3.63, 3.8) is 0 Å². The van der Waals surface area contributed by atoms with Crippen LogP contribution in [0.5, 0.6) is 0 Å². The fourth-order valence-corrected chi connectivity index (χ4v) is 1.49. The van der Waals surface area contributed by atoms with Gasteiger partial charge < -0.3 is 9.88 Å². The van der Waals surface area contributed by atoms with Gasteiger partial charge in [0.2, 0.25) is 0 Å². The van der Waals surface area contributed by atoms with Crippen LogP contribution in [-0.2, 0) is 6.42 Å². The lowest BCUT2D eigenvalue weighted by molar-refractivity contribution is 0.414. The van der Waals surface area contributed by atoms with Gasteiger partial charge in [-0.1, -0.05) is 18.2 Å². The van der Waals surface area contributed by atoms with Gasteiger partial charge in [-0.05, 0) is 32.0 Å². The van der Waals surface area contributed by atoms with E-state index in [1.807, 2.05) is 6.07 Å². The van der Waals surface area contributed by atoms with Crippen molar-refractivity contribution in [1.29, 1.82) is 0 Å². The summed E-state index contributed by atoms with van der Waals surface area (Å²) in [4.78, 5) is 3.54. The maximum absolute atomic E-state index is 7.90. The second-order valence-electron chi connectivity index (χ2n) is 3.17. The summed E-state index contributed by atoms with van der Waals surface area (Å²) < 4.78 is 51.9. The summed E-state index contributed by atoms with van der Waals surface area (Å²) in [5.41, 5.74) is 1.53. The first-order valence-electron chi connectivity index (χ1n) is 7.94. The maximum Gasteiger partial charge on any atom is 0.0630 e. The van der Waals surface area contributed by atoms with Gasteiger partial charge in [0.05, 0.1) is 1.37 Å². The molecule has 0 atom stereocenters. The molecule has 1 N–H and O–H groups in total. The lowest BCUT2D eigenvalue weighted by atomic mass is 10.1. The number of aromatic amines is 1. The molecule has 2 aromatic rings. The van der Waals surface area contributed by atoms with E-state index in [-0.39, 0.29) is 13.0 Å². The second kappa shape index (κ2) is 3.84. The summed E-state index contributed by atoms with van der Waals surface area (Å²) in [5, 5.41) is 0.702. The SMILES string of the molecule is [2H]c1cccc2[nH]cc(CCN(C([2H])([2H])[2H])C([2H])([2H])[2H])c12. The summed E-state index contributed by atoms with van der Waals surface area (Å²) in [6, 6.07) is 5.55. The Morgan fingerprint density at radius 3 is 3.29 bits per heavy atom. The highest BCUT2D eigenvalue weighted by atomic mass is 15.0. The maximum atomic E-state index is 7.90. The van der Waals surface area contributed by atoms with Crippen molar-refractivity contribution >= 4 is 10.9 Å². The molecule has 0 bridgehead atoms. The van der Waals surface area contributed by atoms with Crippen LogP contribution >= 0.6 is 0 Å². The predicted molar refractivity (Wildman–Crippen MR) is 60.6 cm³/mol. The average molecular weight is 195 g/mol. The number of hydrogen-bond donors (Lipinski definition) is 1. The monoisotopic (exact) mass is 195 g/mol. The van der Waals surface area contributed by atoms with Crippen LogP contribution in [-0.4, -0.2) is 30.4 Å². The normalized spacial score (nSPS) is 20.5. The van der Waals surface area contributed by atoms with E-state index in [4.69, 9.17) is 9.60 Å². The molecule has 2 rings (SSSR count). The summed E-state index contributed by atoms with van der Waals surface area (Å²) in [5.74, 6) is 0. The molecular formula is C12H16N2. The van der Waals surface area contributed by atoms with Crippen LogP contribution in [0.4, 0.5) is 0 Å². The Kier molecular flexibility index (Phi) is 1.12. The number of hydrogen-bond acceptors (Lipinski definition) is 1. The van der Waals surface area contributed by atoms with Gasteiger partial charge in [-0.2, -0.15) is 0 Å². The molecule has 2 nitrogen and oxygen atoms in total. The van der Waals surface area contributed by atoms with Crippen molar-refractivity contribution in [3.05, 3.63) is 36.0 Å². The molecule has 0 saturated carbocycles. The molecular weight excluding hydrogens is 172 g/mol. The van der Waals surface area contributed by atoms with Crippen LogP contribution in [0.3, 0.4) is 0 Å². The zero-order valence-electron chi connectivity index (χ0n) is 14.7. The molecule has 1 aromatic heterocycles. The highest BCUT2D eigenvalue weighted by Crippen LogP contribution is 2.17. The molecule has 0 spiro atoms. The number of rotatable bonds is 3. The van der Waals surface area contributed by atoms with Crippen LogP contribution in [0.2, 0.25) is 0 Å². The first-order chi connectivity index (χ1) is 9.60. The van der Waals surface area contributed by atoms with E-state index in [0.717, 1.165) is 11.1 Å². The molecule has 0 amide bonds. The van der Waals surface area contributed by atoms with Crippen LogP contribution in [0.1, 0.15) is 15.2 Å². The number of aromatic nitrogens is 1. The number of para-hydroxylation sites is 1. The highest BCUT2D eigenvalue weighted by Gasteiger charge is 2.02. The summed E-state index contributed by atoms with van der Waals surface area (Å²) in [7, 11) is 0. The molecule has 1 heterocycles. The van der Waals surface area contributed by atoms with Crippen LogP contribution in [0.15, 0.2) is 30.4 Å². The van der Waals surface area contributed by atoms with Gasteiger partial charge in [0.1, 0.15) is 0 Å². The molecule has 1 aromatic carbocycles. The Balaban J connectivity index is 2.25. The third kappa shape index (κ3) is 1.80. The first-order valence-corrected chi connectivity index (χ1v) is 4.44. The quantitative estimate of drug-likeness (QED) is 0.796. The first kappa shape index (κ1) is 4.07. The lowest BCUT2D eigenvalue weighted by Crippen LogP contribution is -2.14. The van der Waals surface area contributed by atoms with Gasteiger partial charge in [-0.25, -0.2) is 0 Å². The van der Waals surface area contributed by atoms with Crippen molar-refractivity contribution in [1.82, 2.24) is 9.88 Å². The van der Waals surface area contributed by atoms with Gasteiger partial charge in [-0.15, -0.1) is 0 Å². The van der Waals surface area contributed by atoms with Gasteiger partial charge in [0.25, 0.3) is 0 Å². The second-order valence-corrected chi connectivity index (χ2v) is 3.17. The number of H-pyrrole nitrogens is 1. The minimum Gasteiger partial charge on any atom is -0.361 e. The molecule has 0 aliphatic carbocycles. The molecule has 74 valence electrons. The standard InChI is InChI=1S/C12H16N2/c1-14(2)8-7-10-9-13-12-6-4-3-5-11(10)12/h3-6,9,13H,7-8H2,1-2H3/i1D3,2D3,5D. The summed E-state index contributed by atoms with van der Waals surface area (Å²) >= 11 is 0. The Hall–Kier alpha value is -1.28. The fraction of sp³-hybridized carbons (Fsp3) is 0.333. The van der Waals surface area contributed by atoms with Gasteiger partial charge in [0.15, 0.2) is 0 Å². The largest absolute Gasteiger partial charge is 0.361 e. The van der Waals surface area contributed by atoms with Crippen molar-refractivity contribution in [2.24, 2.45) is 0 Å². The summed E-state index contributed by atoms with van der Waals surface area (Å²) in [6.07, 6.45) is 1.94. The van der Waals surface area contributed by atoms with E-state index in [1.165, 1.54) is 0 Å². The fourth-order valence-electron chi connectivity index (χ4n) is 1.49. The Morgan fingerprint density at radius 2 is 2.43 bits per heavy atom. The van der Waals surface area contributed by atoms with Crippen molar-refractivity contribution in [3.8, 4) is 0 Å². The van der Waals surface area contributed by atoms with Crippen LogP contribution < -0.4 is 0 Å². The van der Waals surface area contributed by atoms with Crippen LogP contribution in [0.25, 0.3) is 10.9 Å². The van der Waals surface area contributed by atoms with E-state index < -0.39 is 14.0 Å². The third-order valence-electron chi connectivity index (χ3n) is 2.18. The molecule has 0 unspecified atom stereocenters. The zero-order chi connectivity index (χ0) is 15.8. The van der Waals surface area contributed by atoms with E-state index in [0.29, 0.717) is 16.3 Å². The van der Waals surface area contributed by atoms with Crippen molar-refractivity contribution in [2.45, 2.75) is 6.42 Å². The van der Waals surface area contributed by atoms with E-state index in [9.17, 15) is 0 Å². The van der Waals surface area contributed by atoms with Gasteiger partial charge in [-0.3, -0.25) is 0 Å². The number of fused-ring (bicyclic) bond motifs is 1. The molecule has 2 heteroatoms. The van der Waals surface area contributed by atoms with Crippen LogP contribution in [0, 0.1) is 0 Å². The Labute approximate surface area is 94.4 Å². The van der Waals surface area contributed by atoms with E-state index in [1.54, 1.807) is 18.3 Å². The van der Waals surface area contributed by atoms with Crippen molar-refractivity contribution < 1.29 is 9.60 Å². The molecule has 0 aliphatic heterocycles. The number of likely N-dealkylation sites (N-methyl/N-ethyl adjacent to an activating group) is 1. The number of nitrogens with zero attached hydrogens (tertiary/aromatic N) is 1. The molecule has 0 saturated heterocycles. The molecule has 0 fully saturated rings. The van der Waals surface area contributed by atoms with Gasteiger partial charge in [0, 0.05) is 31.9 Å². The molecule has 14 heavy (non-hydrogen) atoms. The molecule has 0 radical (unpaired) electrons. The zero-order valence-corrected chi connectivity index (χ0v) is 7.67. The lowest BCUT2D eigenvalue weighted by Gasteiger charge is -2.07. The smallest absolute Gasteiger partial charge is 0.0630 e. The third-order valence-corrected chi connectivity index (χ3v) is 2.18. The van der Waals surface area contributed by atoms with E-state index in [2.05, 4.69) is 4.98 Å². The minimum atomic E-state index is -2.68. The topological polar surface area (TPSA) is 19.0 Å². The number of nitrogens with one attached hydrogen (secondary N) is 1. The van der Waals surface area contributed by atoms with Crippen molar-refractivity contribution in [2.75, 3.05) is 20.5 Å². The molecule has 0 aliphatic rings.